The zero-order chi connectivity index (χ0) is 21.0. The molecule has 1 aliphatic heterocycles. The van der Waals surface area contributed by atoms with Crippen molar-refractivity contribution in [3.05, 3.63) is 93.2 Å². The molecule has 0 N–H and O–H groups in total. The van der Waals surface area contributed by atoms with Gasteiger partial charge in [0, 0.05) is 42.0 Å². The summed E-state index contributed by atoms with van der Waals surface area (Å²) in [6.45, 7) is 4.16. The Morgan fingerprint density at radius 2 is 1.73 bits per heavy atom. The van der Waals surface area contributed by atoms with Crippen LogP contribution in [0, 0.1) is 15.5 Å². The molecule has 0 fully saturated rings. The first-order valence-corrected chi connectivity index (χ1v) is 10.0. The lowest BCUT2D eigenvalue weighted by Gasteiger charge is -2.38. The highest BCUT2D eigenvalue weighted by Crippen LogP contribution is 2.51. The molecule has 1 atom stereocenters. The van der Waals surface area contributed by atoms with E-state index in [9.17, 15) is 14.9 Å². The van der Waals surface area contributed by atoms with E-state index in [0.29, 0.717) is 18.4 Å². The summed E-state index contributed by atoms with van der Waals surface area (Å²) in [4.78, 5) is 24.0. The van der Waals surface area contributed by atoms with Crippen molar-refractivity contribution < 1.29 is 14.5 Å². The number of fused-ring (bicyclic) bond motifs is 3. The number of carbonyl (C=O) groups is 1. The van der Waals surface area contributed by atoms with Crippen LogP contribution in [0.2, 0.25) is 0 Å². The number of carbonyl (C=O) groups excluding carboxylic acids is 1. The minimum absolute atomic E-state index is 0.0364. The average molecular weight is 399 g/mol. The second-order valence-corrected chi connectivity index (χ2v) is 8.86. The van der Waals surface area contributed by atoms with Crippen molar-refractivity contribution >= 4 is 22.2 Å². The number of nitrogens with zero attached hydrogens (tertiary/aromatic N) is 1. The van der Waals surface area contributed by atoms with E-state index in [4.69, 9.17) is 4.74 Å². The maximum atomic E-state index is 13.3. The molecule has 150 valence electrons. The van der Waals surface area contributed by atoms with E-state index >= 15 is 0 Å². The molecule has 0 radical (unpaired) electrons. The van der Waals surface area contributed by atoms with Crippen LogP contribution in [0.4, 0.5) is 5.69 Å². The molecule has 2 aliphatic rings. The van der Waals surface area contributed by atoms with E-state index in [1.165, 1.54) is 12.1 Å². The van der Waals surface area contributed by atoms with Crippen molar-refractivity contribution in [2.75, 3.05) is 0 Å². The van der Waals surface area contributed by atoms with Crippen LogP contribution in [0.15, 0.2) is 72.0 Å². The fraction of sp³-hybridized carbons (Fsp3) is 0.240. The topological polar surface area (TPSA) is 69.4 Å². The van der Waals surface area contributed by atoms with Crippen LogP contribution < -0.4 is 4.74 Å². The molecule has 0 amide bonds. The van der Waals surface area contributed by atoms with Gasteiger partial charge in [-0.1, -0.05) is 56.3 Å². The minimum atomic E-state index is -0.407. The molecule has 0 spiro atoms. The number of rotatable bonds is 2. The summed E-state index contributed by atoms with van der Waals surface area (Å²) in [6, 6.07) is 18.6. The summed E-state index contributed by atoms with van der Waals surface area (Å²) in [6.07, 6.45) is 1.14. The molecule has 1 unspecified atom stereocenters. The summed E-state index contributed by atoms with van der Waals surface area (Å²) in [5.41, 5.74) is 2.38. The lowest BCUT2D eigenvalue weighted by molar-refractivity contribution is -0.384. The quantitative estimate of drug-likeness (QED) is 0.396. The first kappa shape index (κ1) is 18.6. The van der Waals surface area contributed by atoms with Gasteiger partial charge in [0.2, 0.25) is 0 Å². The second kappa shape index (κ2) is 6.52. The first-order valence-electron chi connectivity index (χ1n) is 10.0. The molecular formula is C25H21NO4. The van der Waals surface area contributed by atoms with Crippen molar-refractivity contribution in [1.82, 2.24) is 0 Å². The SMILES string of the molecule is CC1(C)CC(=O)C2=C(C1)Oc1ccc3ccccc3c1C2c1ccc([N+](=O)[O-])cc1. The van der Waals surface area contributed by atoms with Crippen LogP contribution in [-0.2, 0) is 4.79 Å². The number of hydrogen-bond donors (Lipinski definition) is 0. The third-order valence-electron chi connectivity index (χ3n) is 6.06. The van der Waals surface area contributed by atoms with Crippen LogP contribution in [-0.4, -0.2) is 10.7 Å². The Bertz CT molecular complexity index is 1240. The van der Waals surface area contributed by atoms with Crippen LogP contribution in [0.25, 0.3) is 10.8 Å². The second-order valence-electron chi connectivity index (χ2n) is 8.86. The molecule has 1 aliphatic carbocycles. The van der Waals surface area contributed by atoms with Gasteiger partial charge in [0.05, 0.1) is 4.92 Å². The molecule has 0 bridgehead atoms. The molecule has 5 nitrogen and oxygen atoms in total. The number of Topliss-reactive ketones (excluding diaryl/α,β-unsaturated/α-hetero) is 1. The predicted octanol–water partition coefficient (Wildman–Crippen LogP) is 5.92. The third kappa shape index (κ3) is 2.89. The fourth-order valence-electron chi connectivity index (χ4n) is 4.75. The molecule has 0 saturated heterocycles. The molecule has 5 heteroatoms. The molecular weight excluding hydrogens is 378 g/mol. The number of nitro groups is 1. The van der Waals surface area contributed by atoms with Gasteiger partial charge in [-0.2, -0.15) is 0 Å². The van der Waals surface area contributed by atoms with Gasteiger partial charge in [-0.25, -0.2) is 0 Å². The third-order valence-corrected chi connectivity index (χ3v) is 6.06. The number of ether oxygens (including phenoxy) is 1. The van der Waals surface area contributed by atoms with Crippen LogP contribution in [0.3, 0.4) is 0 Å². The largest absolute Gasteiger partial charge is 0.461 e. The summed E-state index contributed by atoms with van der Waals surface area (Å²) in [5.74, 6) is 1.26. The van der Waals surface area contributed by atoms with Crippen molar-refractivity contribution in [2.24, 2.45) is 5.41 Å². The molecule has 0 saturated carbocycles. The summed E-state index contributed by atoms with van der Waals surface area (Å²) in [5, 5.41) is 13.2. The summed E-state index contributed by atoms with van der Waals surface area (Å²) >= 11 is 0. The van der Waals surface area contributed by atoms with Gasteiger partial charge in [-0.3, -0.25) is 14.9 Å². The Labute approximate surface area is 174 Å². The zero-order valence-electron chi connectivity index (χ0n) is 16.8. The summed E-state index contributed by atoms with van der Waals surface area (Å²) < 4.78 is 6.31. The van der Waals surface area contributed by atoms with Crippen molar-refractivity contribution in [3.8, 4) is 5.75 Å². The molecule has 3 aromatic rings. The van der Waals surface area contributed by atoms with Gasteiger partial charge >= 0.3 is 0 Å². The minimum Gasteiger partial charge on any atom is -0.461 e. The Kier molecular flexibility index (Phi) is 4.03. The van der Waals surface area contributed by atoms with Gasteiger partial charge in [0.1, 0.15) is 11.5 Å². The van der Waals surface area contributed by atoms with Crippen LogP contribution in [0.1, 0.15) is 43.7 Å². The molecule has 5 rings (SSSR count). The van der Waals surface area contributed by atoms with E-state index in [1.807, 2.05) is 36.4 Å². The Morgan fingerprint density at radius 3 is 2.47 bits per heavy atom. The normalized spacial score (nSPS) is 19.8. The molecule has 1 heterocycles. The van der Waals surface area contributed by atoms with E-state index < -0.39 is 4.92 Å². The monoisotopic (exact) mass is 399 g/mol. The van der Waals surface area contributed by atoms with Crippen molar-refractivity contribution in [1.29, 1.82) is 0 Å². The Hall–Kier alpha value is -3.47. The van der Waals surface area contributed by atoms with Crippen molar-refractivity contribution in [3.63, 3.8) is 0 Å². The maximum absolute atomic E-state index is 13.3. The van der Waals surface area contributed by atoms with Gasteiger partial charge in [-0.15, -0.1) is 0 Å². The predicted molar refractivity (Wildman–Crippen MR) is 115 cm³/mol. The highest BCUT2D eigenvalue weighted by Gasteiger charge is 2.42. The fourth-order valence-corrected chi connectivity index (χ4v) is 4.75. The number of allylic oxidation sites excluding steroid dienone is 2. The van der Waals surface area contributed by atoms with Crippen LogP contribution in [0.5, 0.6) is 5.75 Å². The lowest BCUT2D eigenvalue weighted by Crippen LogP contribution is -2.33. The molecule has 3 aromatic carbocycles. The average Bonchev–Trinajstić information content (AvgIpc) is 2.71. The lowest BCUT2D eigenvalue weighted by atomic mass is 9.69. The number of hydrogen-bond acceptors (Lipinski definition) is 4. The molecule has 30 heavy (non-hydrogen) atoms. The zero-order valence-corrected chi connectivity index (χ0v) is 16.8. The first-order chi connectivity index (χ1) is 14.3. The van der Waals surface area contributed by atoms with Gasteiger partial charge in [-0.05, 0) is 27.8 Å². The number of nitro benzene ring substituents is 1. The van der Waals surface area contributed by atoms with E-state index in [0.717, 1.165) is 33.4 Å². The smallest absolute Gasteiger partial charge is 0.269 e. The molecule has 0 aromatic heterocycles. The highest BCUT2D eigenvalue weighted by atomic mass is 16.6. The Morgan fingerprint density at radius 1 is 1.00 bits per heavy atom. The Balaban J connectivity index is 1.78. The van der Waals surface area contributed by atoms with Crippen LogP contribution >= 0.6 is 0 Å². The van der Waals surface area contributed by atoms with E-state index in [-0.39, 0.29) is 22.8 Å². The van der Waals surface area contributed by atoms with Crippen molar-refractivity contribution in [2.45, 2.75) is 32.6 Å². The van der Waals surface area contributed by atoms with Gasteiger partial charge in [0.25, 0.3) is 5.69 Å². The van der Waals surface area contributed by atoms with Gasteiger partial charge < -0.3 is 4.74 Å². The number of non-ortho nitro benzene ring substituents is 1. The number of ketones is 1. The maximum Gasteiger partial charge on any atom is 0.269 e. The highest BCUT2D eigenvalue weighted by molar-refractivity contribution is 6.02. The van der Waals surface area contributed by atoms with E-state index in [2.05, 4.69) is 13.8 Å². The van der Waals surface area contributed by atoms with E-state index in [1.54, 1.807) is 12.1 Å². The van der Waals surface area contributed by atoms with Gasteiger partial charge in [0.15, 0.2) is 5.78 Å². The standard InChI is InChI=1S/C25H21NO4/c1-25(2)13-19(27)24-21(14-25)30-20-12-9-15-5-3-4-6-18(15)23(20)22(24)16-7-10-17(11-8-16)26(28)29/h3-12,22H,13-14H2,1-2H3. The number of benzene rings is 3. The summed E-state index contributed by atoms with van der Waals surface area (Å²) in [7, 11) is 0.